The number of rotatable bonds is 6. The molecule has 1 fully saturated rings. The summed E-state index contributed by atoms with van der Waals surface area (Å²) in [5.74, 6) is -2.19. The molecule has 23 heavy (non-hydrogen) atoms. The molecule has 0 aliphatic carbocycles. The van der Waals surface area contributed by atoms with Crippen LogP contribution in [0.4, 0.5) is 0 Å². The number of amides is 1. The number of carbonyl (C=O) groups excluding carboxylic acids is 4. The number of fused-ring (bicyclic) bond motifs is 1. The van der Waals surface area contributed by atoms with Crippen molar-refractivity contribution in [1.82, 2.24) is 4.90 Å². The zero-order valence-corrected chi connectivity index (χ0v) is 14.3. The molecule has 2 aliphatic rings. The molecule has 1 amide bonds. The predicted molar refractivity (Wildman–Crippen MR) is 81.7 cm³/mol. The predicted octanol–water partition coefficient (Wildman–Crippen LogP) is 1.57. The summed E-state index contributed by atoms with van der Waals surface area (Å²) in [6.07, 6.45) is 1.51. The summed E-state index contributed by atoms with van der Waals surface area (Å²) in [6, 6.07) is 0. The van der Waals surface area contributed by atoms with Crippen LogP contribution in [0.25, 0.3) is 0 Å². The maximum absolute atomic E-state index is 12.4. The average Bonchev–Trinajstić information content (AvgIpc) is 2.71. The summed E-state index contributed by atoms with van der Waals surface area (Å²) in [5.41, 5.74) is -0.0914. The topological polar surface area (TPSA) is 90.0 Å². The molecule has 0 aromatic rings. The summed E-state index contributed by atoms with van der Waals surface area (Å²) in [7, 11) is 0. The average molecular weight is 341 g/mol. The molecule has 2 atom stereocenters. The highest BCUT2D eigenvalue weighted by molar-refractivity contribution is 8.04. The first-order valence-electron chi connectivity index (χ1n) is 7.34. The number of esters is 2. The van der Waals surface area contributed by atoms with E-state index >= 15 is 0 Å². The van der Waals surface area contributed by atoms with Crippen molar-refractivity contribution in [3.63, 3.8) is 0 Å². The van der Waals surface area contributed by atoms with Gasteiger partial charge in [0.2, 0.25) is 5.91 Å². The van der Waals surface area contributed by atoms with Crippen molar-refractivity contribution in [2.24, 2.45) is 5.92 Å². The van der Waals surface area contributed by atoms with E-state index in [0.717, 1.165) is 6.42 Å². The fourth-order valence-corrected chi connectivity index (χ4v) is 4.20. The largest absolute Gasteiger partial charge is 0.453 e. The third-order valence-electron chi connectivity index (χ3n) is 3.74. The Hall–Kier alpha value is -1.83. The smallest absolute Gasteiger partial charge is 0.360 e. The highest BCUT2D eigenvalue weighted by atomic mass is 32.2. The molecule has 0 spiro atoms. The maximum atomic E-state index is 12.4. The van der Waals surface area contributed by atoms with E-state index in [0.29, 0.717) is 6.42 Å². The van der Waals surface area contributed by atoms with Gasteiger partial charge >= 0.3 is 11.9 Å². The highest BCUT2D eigenvalue weighted by Gasteiger charge is 2.65. The van der Waals surface area contributed by atoms with Crippen LogP contribution in [0.5, 0.6) is 0 Å². The summed E-state index contributed by atoms with van der Waals surface area (Å²) < 4.78 is 9.99. The van der Waals surface area contributed by atoms with Crippen LogP contribution < -0.4 is 0 Å². The van der Waals surface area contributed by atoms with Gasteiger partial charge in [-0.15, -0.1) is 0 Å². The third-order valence-corrected chi connectivity index (χ3v) is 5.08. The van der Waals surface area contributed by atoms with Crippen LogP contribution in [0.2, 0.25) is 0 Å². The fraction of sp³-hybridized carbons (Fsp3) is 0.600. The molecule has 0 bridgehead atoms. The Morgan fingerprint density at radius 2 is 1.96 bits per heavy atom. The molecule has 126 valence electrons. The van der Waals surface area contributed by atoms with E-state index in [1.165, 1.54) is 30.5 Å². The van der Waals surface area contributed by atoms with E-state index in [1.807, 2.05) is 13.8 Å². The second kappa shape index (κ2) is 6.35. The first kappa shape index (κ1) is 17.5. The lowest BCUT2D eigenvalue weighted by Gasteiger charge is -2.51. The Morgan fingerprint density at radius 3 is 2.48 bits per heavy atom. The van der Waals surface area contributed by atoms with Crippen LogP contribution in [-0.4, -0.2) is 40.0 Å². The Kier molecular flexibility index (Phi) is 4.84. The summed E-state index contributed by atoms with van der Waals surface area (Å²) in [4.78, 5) is 47.6. The lowest BCUT2D eigenvalue weighted by Crippen LogP contribution is -2.65. The van der Waals surface area contributed by atoms with Gasteiger partial charge in [-0.1, -0.05) is 25.1 Å². The second-order valence-electron chi connectivity index (χ2n) is 5.68. The van der Waals surface area contributed by atoms with Gasteiger partial charge in [-0.3, -0.25) is 19.3 Å². The molecule has 2 aliphatic heterocycles. The molecule has 1 saturated heterocycles. The van der Waals surface area contributed by atoms with Crippen molar-refractivity contribution in [2.75, 3.05) is 6.61 Å². The molecular weight excluding hydrogens is 322 g/mol. The lowest BCUT2D eigenvalue weighted by atomic mass is 9.83. The van der Waals surface area contributed by atoms with Gasteiger partial charge in [-0.2, -0.15) is 0 Å². The number of thioether (sulfide) groups is 1. The van der Waals surface area contributed by atoms with Gasteiger partial charge in [0.15, 0.2) is 16.6 Å². The molecule has 0 unspecified atom stereocenters. The standard InChI is InChI=1S/C15H19NO6S/c1-5-6-10-12(19)16-11(13(20)21-7-8(2)17)14(22-9(3)18)23-15(10,16)4/h10H,5-7H2,1-4H3/t10-,15+/m0/s1. The van der Waals surface area contributed by atoms with Crippen LogP contribution >= 0.6 is 11.8 Å². The molecule has 0 aromatic heterocycles. The molecule has 0 N–H and O–H groups in total. The normalized spacial score (nSPS) is 25.8. The molecule has 7 nitrogen and oxygen atoms in total. The van der Waals surface area contributed by atoms with Crippen LogP contribution in [0.1, 0.15) is 40.5 Å². The van der Waals surface area contributed by atoms with Gasteiger partial charge in [0, 0.05) is 6.92 Å². The van der Waals surface area contributed by atoms with Gasteiger partial charge in [0.25, 0.3) is 0 Å². The minimum Gasteiger partial charge on any atom is -0.453 e. The SMILES string of the molecule is CCC[C@H]1C(=O)N2C(C(=O)OCC(C)=O)=C(OC(C)=O)S[C@]12C. The second-order valence-corrected chi connectivity index (χ2v) is 7.08. The minimum absolute atomic E-state index is 0.0560. The quantitative estimate of drug-likeness (QED) is 0.535. The number of β-lactam (4-membered cyclic amide) rings is 1. The molecule has 0 radical (unpaired) electrons. The van der Waals surface area contributed by atoms with Crippen molar-refractivity contribution in [3.8, 4) is 0 Å². The highest BCUT2D eigenvalue weighted by Crippen LogP contribution is 2.59. The van der Waals surface area contributed by atoms with E-state index in [1.54, 1.807) is 0 Å². The number of carbonyl (C=O) groups is 4. The lowest BCUT2D eigenvalue weighted by molar-refractivity contribution is -0.161. The third kappa shape index (κ3) is 2.99. The van der Waals surface area contributed by atoms with Crippen LogP contribution in [-0.2, 0) is 28.7 Å². The molecule has 2 heterocycles. The van der Waals surface area contributed by atoms with Gasteiger partial charge in [-0.05, 0) is 20.3 Å². The van der Waals surface area contributed by atoms with Crippen molar-refractivity contribution >= 4 is 35.4 Å². The van der Waals surface area contributed by atoms with E-state index in [-0.39, 0.29) is 28.4 Å². The Morgan fingerprint density at radius 1 is 1.30 bits per heavy atom. The Balaban J connectivity index is 2.30. The van der Waals surface area contributed by atoms with Crippen LogP contribution in [0.15, 0.2) is 10.8 Å². The first-order valence-corrected chi connectivity index (χ1v) is 8.16. The molecule has 8 heteroatoms. The number of ether oxygens (including phenoxy) is 2. The molecular formula is C15H19NO6S. The van der Waals surface area contributed by atoms with Crippen LogP contribution in [0, 0.1) is 5.92 Å². The maximum Gasteiger partial charge on any atom is 0.360 e. The number of ketones is 1. The summed E-state index contributed by atoms with van der Waals surface area (Å²) in [5, 5.41) is 0.0560. The molecule has 0 saturated carbocycles. The van der Waals surface area contributed by atoms with E-state index in [4.69, 9.17) is 9.47 Å². The zero-order valence-electron chi connectivity index (χ0n) is 13.5. The van der Waals surface area contributed by atoms with E-state index < -0.39 is 23.4 Å². The number of nitrogens with zero attached hydrogens (tertiary/aromatic N) is 1. The monoisotopic (exact) mass is 341 g/mol. The summed E-state index contributed by atoms with van der Waals surface area (Å²) in [6.45, 7) is 5.91. The Labute approximate surface area is 138 Å². The summed E-state index contributed by atoms with van der Waals surface area (Å²) >= 11 is 1.17. The minimum atomic E-state index is -0.837. The van der Waals surface area contributed by atoms with E-state index in [9.17, 15) is 19.2 Å². The number of hydrogen-bond acceptors (Lipinski definition) is 7. The van der Waals surface area contributed by atoms with Crippen molar-refractivity contribution in [3.05, 3.63) is 10.8 Å². The fourth-order valence-electron chi connectivity index (χ4n) is 2.76. The Bertz CT molecular complexity index is 613. The molecule has 0 aromatic carbocycles. The number of hydrogen-bond donors (Lipinski definition) is 0. The number of Topliss-reactive ketones (excluding diaryl/α,β-unsaturated/α-hetero) is 1. The van der Waals surface area contributed by atoms with Gasteiger partial charge < -0.3 is 9.47 Å². The molecule has 2 rings (SSSR count). The van der Waals surface area contributed by atoms with Crippen molar-refractivity contribution in [2.45, 2.75) is 45.4 Å². The van der Waals surface area contributed by atoms with Gasteiger partial charge in [0.05, 0.1) is 5.92 Å². The van der Waals surface area contributed by atoms with Crippen molar-refractivity contribution in [1.29, 1.82) is 0 Å². The first-order chi connectivity index (χ1) is 10.7. The van der Waals surface area contributed by atoms with Crippen molar-refractivity contribution < 1.29 is 28.7 Å². The van der Waals surface area contributed by atoms with Crippen LogP contribution in [0.3, 0.4) is 0 Å². The zero-order chi connectivity index (χ0) is 17.4. The van der Waals surface area contributed by atoms with Gasteiger partial charge in [-0.25, -0.2) is 4.79 Å². The van der Waals surface area contributed by atoms with Gasteiger partial charge in [0.1, 0.15) is 11.5 Å². The van der Waals surface area contributed by atoms with E-state index in [2.05, 4.69) is 0 Å².